The molecule has 0 spiro atoms. The number of methoxy groups -OCH3 is 1. The minimum absolute atomic E-state index is 0.0492. The Kier molecular flexibility index (Phi) is 6.39. The molecular formula is C19H27FN2O3. The van der Waals surface area contributed by atoms with Crippen molar-refractivity contribution >= 4 is 5.91 Å². The first kappa shape index (κ1) is 18.3. The Morgan fingerprint density at radius 1 is 1.36 bits per heavy atom. The standard InChI is InChI=1S/C19H27FN2O3/c1-24-9-7-21-8-10-25-18-14-22(6-5-16(18)13-21)19(23)12-15-3-2-4-17(20)11-15/h2-4,11,16,18H,5-10,12-14H2,1H3/t16-,18-/m1/s1. The van der Waals surface area contributed by atoms with E-state index in [1.165, 1.54) is 12.1 Å². The molecule has 0 N–H and O–H groups in total. The van der Waals surface area contributed by atoms with Gasteiger partial charge in [-0.1, -0.05) is 12.1 Å². The summed E-state index contributed by atoms with van der Waals surface area (Å²) in [5.74, 6) is 0.206. The topological polar surface area (TPSA) is 42.0 Å². The lowest BCUT2D eigenvalue weighted by Gasteiger charge is -2.38. The molecule has 0 saturated carbocycles. The van der Waals surface area contributed by atoms with Gasteiger partial charge in [0.05, 0.1) is 25.7 Å². The largest absolute Gasteiger partial charge is 0.383 e. The number of halogens is 1. The maximum atomic E-state index is 13.3. The van der Waals surface area contributed by atoms with Crippen molar-refractivity contribution in [1.29, 1.82) is 0 Å². The van der Waals surface area contributed by atoms with Crippen molar-refractivity contribution in [2.45, 2.75) is 18.9 Å². The lowest BCUT2D eigenvalue weighted by Crippen LogP contribution is -2.49. The molecule has 2 heterocycles. The third kappa shape index (κ3) is 5.00. The van der Waals surface area contributed by atoms with E-state index in [0.717, 1.165) is 44.8 Å². The summed E-state index contributed by atoms with van der Waals surface area (Å²) < 4.78 is 24.5. The summed E-state index contributed by atoms with van der Waals surface area (Å²) in [6, 6.07) is 6.27. The fourth-order valence-corrected chi connectivity index (χ4v) is 3.70. The zero-order chi connectivity index (χ0) is 17.6. The number of carbonyl (C=O) groups is 1. The molecule has 25 heavy (non-hydrogen) atoms. The minimum atomic E-state index is -0.299. The zero-order valence-corrected chi connectivity index (χ0v) is 14.8. The number of ether oxygens (including phenoxy) is 2. The normalized spacial score (nSPS) is 24.6. The first-order valence-corrected chi connectivity index (χ1v) is 9.01. The minimum Gasteiger partial charge on any atom is -0.383 e. The highest BCUT2D eigenvalue weighted by molar-refractivity contribution is 5.78. The maximum Gasteiger partial charge on any atom is 0.227 e. The number of hydrogen-bond acceptors (Lipinski definition) is 4. The van der Waals surface area contributed by atoms with Crippen LogP contribution in [0.1, 0.15) is 12.0 Å². The summed E-state index contributed by atoms with van der Waals surface area (Å²) in [5.41, 5.74) is 0.722. The summed E-state index contributed by atoms with van der Waals surface area (Å²) in [5, 5.41) is 0. The zero-order valence-electron chi connectivity index (χ0n) is 14.8. The van der Waals surface area contributed by atoms with E-state index in [1.54, 1.807) is 19.2 Å². The molecule has 3 rings (SSSR count). The maximum absolute atomic E-state index is 13.3. The molecule has 5 nitrogen and oxygen atoms in total. The van der Waals surface area contributed by atoms with Crippen molar-refractivity contribution in [3.05, 3.63) is 35.6 Å². The molecule has 2 saturated heterocycles. The van der Waals surface area contributed by atoms with Crippen molar-refractivity contribution in [3.8, 4) is 0 Å². The number of likely N-dealkylation sites (tertiary alicyclic amines) is 1. The van der Waals surface area contributed by atoms with Crippen LogP contribution in [0.15, 0.2) is 24.3 Å². The molecule has 2 fully saturated rings. The second kappa shape index (κ2) is 8.74. The van der Waals surface area contributed by atoms with Gasteiger partial charge in [0.15, 0.2) is 0 Å². The molecule has 0 radical (unpaired) electrons. The SMILES string of the molecule is COCCN1CCO[C@@H]2CN(C(=O)Cc3cccc(F)c3)CC[C@@H]2C1. The molecule has 1 aromatic carbocycles. The average Bonchev–Trinajstić information content (AvgIpc) is 2.81. The van der Waals surface area contributed by atoms with Gasteiger partial charge in [0.2, 0.25) is 5.91 Å². The van der Waals surface area contributed by atoms with Gasteiger partial charge in [0, 0.05) is 45.8 Å². The van der Waals surface area contributed by atoms with Crippen molar-refractivity contribution in [3.63, 3.8) is 0 Å². The number of piperidine rings is 1. The molecule has 1 aromatic rings. The van der Waals surface area contributed by atoms with Crippen LogP contribution in [0.25, 0.3) is 0 Å². The fraction of sp³-hybridized carbons (Fsp3) is 0.632. The van der Waals surface area contributed by atoms with Crippen molar-refractivity contribution < 1.29 is 18.7 Å². The van der Waals surface area contributed by atoms with E-state index < -0.39 is 0 Å². The predicted molar refractivity (Wildman–Crippen MR) is 92.8 cm³/mol. The number of fused-ring (bicyclic) bond motifs is 1. The van der Waals surface area contributed by atoms with Gasteiger partial charge in [-0.25, -0.2) is 4.39 Å². The van der Waals surface area contributed by atoms with Crippen LogP contribution in [0.5, 0.6) is 0 Å². The third-order valence-corrected chi connectivity index (χ3v) is 5.14. The van der Waals surface area contributed by atoms with Gasteiger partial charge in [0.1, 0.15) is 5.82 Å². The average molecular weight is 350 g/mol. The first-order valence-electron chi connectivity index (χ1n) is 9.01. The summed E-state index contributed by atoms with van der Waals surface area (Å²) in [7, 11) is 1.72. The van der Waals surface area contributed by atoms with E-state index >= 15 is 0 Å². The van der Waals surface area contributed by atoms with E-state index in [9.17, 15) is 9.18 Å². The molecule has 1 amide bonds. The second-order valence-corrected chi connectivity index (χ2v) is 6.90. The number of carbonyl (C=O) groups excluding carboxylic acids is 1. The number of benzene rings is 1. The van der Waals surface area contributed by atoms with Crippen LogP contribution < -0.4 is 0 Å². The first-order chi connectivity index (χ1) is 12.2. The number of amides is 1. The summed E-state index contributed by atoms with van der Waals surface area (Å²) in [6.07, 6.45) is 1.29. The van der Waals surface area contributed by atoms with Gasteiger partial charge < -0.3 is 14.4 Å². The summed E-state index contributed by atoms with van der Waals surface area (Å²) in [4.78, 5) is 16.8. The Balaban J connectivity index is 1.54. The Morgan fingerprint density at radius 3 is 3.04 bits per heavy atom. The molecule has 0 unspecified atom stereocenters. The predicted octanol–water partition coefficient (Wildman–Crippen LogP) is 1.56. The van der Waals surface area contributed by atoms with E-state index in [-0.39, 0.29) is 24.2 Å². The molecule has 0 aromatic heterocycles. The van der Waals surface area contributed by atoms with Crippen LogP contribution in [0.3, 0.4) is 0 Å². The number of nitrogens with zero attached hydrogens (tertiary/aromatic N) is 2. The van der Waals surface area contributed by atoms with Crippen LogP contribution >= 0.6 is 0 Å². The molecule has 0 aliphatic carbocycles. The quantitative estimate of drug-likeness (QED) is 0.808. The number of hydrogen-bond donors (Lipinski definition) is 0. The van der Waals surface area contributed by atoms with Gasteiger partial charge in [-0.05, 0) is 24.1 Å². The summed E-state index contributed by atoms with van der Waals surface area (Å²) in [6.45, 7) is 5.64. The third-order valence-electron chi connectivity index (χ3n) is 5.14. The molecule has 138 valence electrons. The van der Waals surface area contributed by atoms with Crippen LogP contribution in [-0.4, -0.2) is 74.9 Å². The lowest BCUT2D eigenvalue weighted by atomic mass is 9.93. The van der Waals surface area contributed by atoms with E-state index in [1.807, 2.05) is 4.90 Å². The van der Waals surface area contributed by atoms with Crippen LogP contribution in [0.4, 0.5) is 4.39 Å². The molecule has 2 atom stereocenters. The number of rotatable bonds is 5. The Bertz CT molecular complexity index is 584. The smallest absolute Gasteiger partial charge is 0.227 e. The van der Waals surface area contributed by atoms with Gasteiger partial charge in [0.25, 0.3) is 0 Å². The lowest BCUT2D eigenvalue weighted by molar-refractivity contribution is -0.136. The van der Waals surface area contributed by atoms with Gasteiger partial charge >= 0.3 is 0 Å². The Morgan fingerprint density at radius 2 is 2.24 bits per heavy atom. The molecule has 2 aliphatic heterocycles. The molecule has 0 bridgehead atoms. The Labute approximate surface area is 148 Å². The molecule has 2 aliphatic rings. The van der Waals surface area contributed by atoms with E-state index in [2.05, 4.69) is 4.90 Å². The van der Waals surface area contributed by atoms with E-state index in [4.69, 9.17) is 9.47 Å². The second-order valence-electron chi connectivity index (χ2n) is 6.90. The highest BCUT2D eigenvalue weighted by Crippen LogP contribution is 2.24. The van der Waals surface area contributed by atoms with Crippen molar-refractivity contribution in [2.75, 3.05) is 53.0 Å². The van der Waals surface area contributed by atoms with Gasteiger partial charge in [-0.2, -0.15) is 0 Å². The molecule has 6 heteroatoms. The fourth-order valence-electron chi connectivity index (χ4n) is 3.70. The van der Waals surface area contributed by atoms with Crippen molar-refractivity contribution in [2.24, 2.45) is 5.92 Å². The van der Waals surface area contributed by atoms with E-state index in [0.29, 0.717) is 19.1 Å². The van der Waals surface area contributed by atoms with Crippen LogP contribution in [0.2, 0.25) is 0 Å². The van der Waals surface area contributed by atoms with Gasteiger partial charge in [-0.15, -0.1) is 0 Å². The highest BCUT2D eigenvalue weighted by atomic mass is 19.1. The van der Waals surface area contributed by atoms with Crippen LogP contribution in [0, 0.1) is 11.7 Å². The Hall–Kier alpha value is -1.50. The van der Waals surface area contributed by atoms with Gasteiger partial charge in [-0.3, -0.25) is 9.69 Å². The summed E-state index contributed by atoms with van der Waals surface area (Å²) >= 11 is 0. The molecular weight excluding hydrogens is 323 g/mol. The highest BCUT2D eigenvalue weighted by Gasteiger charge is 2.34. The monoisotopic (exact) mass is 350 g/mol. The van der Waals surface area contributed by atoms with Crippen LogP contribution in [-0.2, 0) is 20.7 Å². The van der Waals surface area contributed by atoms with Crippen molar-refractivity contribution in [1.82, 2.24) is 9.80 Å².